The lowest BCUT2D eigenvalue weighted by Crippen LogP contribution is -2.35. The molecule has 3 rings (SSSR count). The van der Waals surface area contributed by atoms with Crippen molar-refractivity contribution in [1.82, 2.24) is 0 Å². The third-order valence-corrected chi connectivity index (χ3v) is 5.45. The van der Waals surface area contributed by atoms with Gasteiger partial charge >= 0.3 is 11.9 Å². The molecule has 2 aliphatic rings. The van der Waals surface area contributed by atoms with E-state index in [-0.39, 0.29) is 24.6 Å². The number of rotatable bonds is 5. The predicted octanol–water partition coefficient (Wildman–Crippen LogP) is 2.00. The first kappa shape index (κ1) is 17.2. The highest BCUT2D eigenvalue weighted by molar-refractivity contribution is 5.79. The van der Waals surface area contributed by atoms with Crippen LogP contribution in [-0.4, -0.2) is 42.2 Å². The van der Waals surface area contributed by atoms with Crippen LogP contribution in [0.2, 0.25) is 0 Å². The maximum absolute atomic E-state index is 11.8. The minimum absolute atomic E-state index is 0.0133. The second-order valence-corrected chi connectivity index (χ2v) is 6.76. The van der Waals surface area contributed by atoms with Crippen LogP contribution in [0, 0.1) is 21.4 Å². The van der Waals surface area contributed by atoms with Gasteiger partial charge in [0.1, 0.15) is 5.69 Å². The molecule has 1 aromatic carbocycles. The van der Waals surface area contributed by atoms with E-state index in [1.165, 1.54) is 13.2 Å². The number of esters is 1. The van der Waals surface area contributed by atoms with Crippen LogP contribution in [0.1, 0.15) is 24.8 Å². The van der Waals surface area contributed by atoms with Crippen LogP contribution in [0.4, 0.5) is 11.4 Å². The fourth-order valence-corrected chi connectivity index (χ4v) is 4.15. The Morgan fingerprint density at radius 3 is 2.84 bits per heavy atom. The van der Waals surface area contributed by atoms with E-state index in [0.717, 1.165) is 12.8 Å². The lowest BCUT2D eigenvalue weighted by Gasteiger charge is -2.24. The molecule has 1 aliphatic carbocycles. The number of nitro groups is 1. The van der Waals surface area contributed by atoms with Crippen molar-refractivity contribution < 1.29 is 24.4 Å². The highest BCUT2D eigenvalue weighted by Crippen LogP contribution is 2.50. The second-order valence-electron chi connectivity index (χ2n) is 6.76. The zero-order chi connectivity index (χ0) is 18.2. The molecule has 1 saturated carbocycles. The first-order valence-corrected chi connectivity index (χ1v) is 8.20. The van der Waals surface area contributed by atoms with E-state index >= 15 is 0 Å². The molecule has 1 N–H and O–H groups in total. The van der Waals surface area contributed by atoms with Crippen molar-refractivity contribution in [2.75, 3.05) is 25.1 Å². The highest BCUT2D eigenvalue weighted by atomic mass is 16.6. The lowest BCUT2D eigenvalue weighted by atomic mass is 9.81. The summed E-state index contributed by atoms with van der Waals surface area (Å²) in [6, 6.07) is 4.63. The monoisotopic (exact) mass is 348 g/mol. The number of aliphatic carboxylic acids is 1. The Hall–Kier alpha value is -2.64. The van der Waals surface area contributed by atoms with Crippen molar-refractivity contribution in [3.63, 3.8) is 0 Å². The summed E-state index contributed by atoms with van der Waals surface area (Å²) in [5, 5.41) is 21.2. The molecule has 134 valence electrons. The summed E-state index contributed by atoms with van der Waals surface area (Å²) in [6.07, 6.45) is 2.28. The number of methoxy groups -OCH3 is 1. The van der Waals surface area contributed by atoms with E-state index in [1.807, 2.05) is 0 Å². The predicted molar refractivity (Wildman–Crippen MR) is 88.4 cm³/mol. The molecule has 0 bridgehead atoms. The van der Waals surface area contributed by atoms with Gasteiger partial charge in [-0.1, -0.05) is 12.5 Å². The number of nitrogens with zero attached hydrogens (tertiary/aromatic N) is 2. The summed E-state index contributed by atoms with van der Waals surface area (Å²) < 4.78 is 4.59. The number of ether oxygens (including phenoxy) is 1. The molecule has 1 heterocycles. The number of hydrogen-bond donors (Lipinski definition) is 1. The number of hydrogen-bond acceptors (Lipinski definition) is 6. The van der Waals surface area contributed by atoms with Crippen molar-refractivity contribution in [1.29, 1.82) is 0 Å². The topological polar surface area (TPSA) is 110 Å². The van der Waals surface area contributed by atoms with E-state index in [1.54, 1.807) is 17.0 Å². The molecule has 1 aliphatic heterocycles. The van der Waals surface area contributed by atoms with E-state index < -0.39 is 22.3 Å². The Labute approximate surface area is 144 Å². The number of fused-ring (bicyclic) bond motifs is 1. The van der Waals surface area contributed by atoms with Crippen LogP contribution in [0.25, 0.3) is 0 Å². The van der Waals surface area contributed by atoms with Crippen molar-refractivity contribution >= 4 is 23.3 Å². The molecule has 0 spiro atoms. The molecular formula is C17H20N2O6. The third-order valence-electron chi connectivity index (χ3n) is 5.45. The molecule has 1 saturated heterocycles. The summed E-state index contributed by atoms with van der Waals surface area (Å²) in [4.78, 5) is 36.0. The van der Waals surface area contributed by atoms with Crippen molar-refractivity contribution in [3.8, 4) is 0 Å². The Morgan fingerprint density at radius 2 is 2.24 bits per heavy atom. The number of anilines is 1. The number of benzene rings is 1. The minimum Gasteiger partial charge on any atom is -0.481 e. The zero-order valence-corrected chi connectivity index (χ0v) is 13.9. The molecule has 2 fully saturated rings. The van der Waals surface area contributed by atoms with Gasteiger partial charge in [0.2, 0.25) is 0 Å². The standard InChI is InChI=1S/C17H20N2O6/c1-25-15(20)8-11-4-5-13(14(7-11)19(23)24)18-9-12-3-2-6-17(12,10-18)16(21)22/h4-5,7,12H,2-3,6,8-10H2,1H3,(H,21,22)/t12-,17+/m0/s1. The van der Waals surface area contributed by atoms with Crippen LogP contribution in [0.3, 0.4) is 0 Å². The molecule has 1 aromatic rings. The van der Waals surface area contributed by atoms with Crippen molar-refractivity contribution in [2.24, 2.45) is 11.3 Å². The first-order valence-electron chi connectivity index (χ1n) is 8.20. The summed E-state index contributed by atoms with van der Waals surface area (Å²) in [7, 11) is 1.26. The minimum atomic E-state index is -0.817. The fourth-order valence-electron chi connectivity index (χ4n) is 4.15. The van der Waals surface area contributed by atoms with Gasteiger partial charge in [-0.05, 0) is 30.4 Å². The van der Waals surface area contributed by atoms with Crippen molar-refractivity contribution in [2.45, 2.75) is 25.7 Å². The summed E-state index contributed by atoms with van der Waals surface area (Å²) >= 11 is 0. The summed E-state index contributed by atoms with van der Waals surface area (Å²) in [6.45, 7) is 0.785. The maximum atomic E-state index is 11.8. The average molecular weight is 348 g/mol. The smallest absolute Gasteiger partial charge is 0.311 e. The number of carboxylic acids is 1. The zero-order valence-electron chi connectivity index (χ0n) is 13.9. The first-order chi connectivity index (χ1) is 11.9. The molecule has 8 heteroatoms. The SMILES string of the molecule is COC(=O)Cc1ccc(N2C[C@@H]3CCC[C@@]3(C(=O)O)C2)c([N+](=O)[O-])c1. The lowest BCUT2D eigenvalue weighted by molar-refractivity contribution is -0.384. The third kappa shape index (κ3) is 2.92. The van der Waals surface area contributed by atoms with E-state index in [2.05, 4.69) is 4.74 Å². The number of carbonyl (C=O) groups excluding carboxylic acids is 1. The molecule has 25 heavy (non-hydrogen) atoms. The van der Waals surface area contributed by atoms with Gasteiger partial charge < -0.3 is 14.7 Å². The van der Waals surface area contributed by atoms with Gasteiger partial charge in [-0.25, -0.2) is 0 Å². The largest absolute Gasteiger partial charge is 0.481 e. The van der Waals surface area contributed by atoms with Crippen LogP contribution >= 0.6 is 0 Å². The molecular weight excluding hydrogens is 328 g/mol. The molecule has 2 atom stereocenters. The molecule has 0 amide bonds. The Kier molecular flexibility index (Phi) is 4.36. The molecule has 0 aromatic heterocycles. The summed E-state index contributed by atoms with van der Waals surface area (Å²) in [5.41, 5.74) is -0.0105. The van der Waals surface area contributed by atoms with Crippen LogP contribution in [0.15, 0.2) is 18.2 Å². The van der Waals surface area contributed by atoms with Gasteiger partial charge in [0.25, 0.3) is 5.69 Å². The van der Waals surface area contributed by atoms with Gasteiger partial charge in [-0.15, -0.1) is 0 Å². The Morgan fingerprint density at radius 1 is 1.48 bits per heavy atom. The van der Waals surface area contributed by atoms with E-state index in [0.29, 0.717) is 24.2 Å². The van der Waals surface area contributed by atoms with E-state index in [9.17, 15) is 24.8 Å². The quantitative estimate of drug-likeness (QED) is 0.492. The van der Waals surface area contributed by atoms with Gasteiger partial charge in [-0.2, -0.15) is 0 Å². The van der Waals surface area contributed by atoms with Gasteiger partial charge in [-0.3, -0.25) is 19.7 Å². The molecule has 0 unspecified atom stereocenters. The van der Waals surface area contributed by atoms with Crippen molar-refractivity contribution in [3.05, 3.63) is 33.9 Å². The normalized spacial score (nSPS) is 24.8. The molecule has 8 nitrogen and oxygen atoms in total. The van der Waals surface area contributed by atoms with Crippen LogP contribution < -0.4 is 4.90 Å². The van der Waals surface area contributed by atoms with Gasteiger partial charge in [0, 0.05) is 19.2 Å². The average Bonchev–Trinajstić information content (AvgIpc) is 3.12. The number of carbonyl (C=O) groups is 2. The number of nitro benzene ring substituents is 1. The second kappa shape index (κ2) is 6.34. The highest BCUT2D eigenvalue weighted by Gasteiger charge is 2.55. The van der Waals surface area contributed by atoms with E-state index in [4.69, 9.17) is 0 Å². The fraction of sp³-hybridized carbons (Fsp3) is 0.529. The molecule has 0 radical (unpaired) electrons. The summed E-state index contributed by atoms with van der Waals surface area (Å²) in [5.74, 6) is -1.27. The van der Waals surface area contributed by atoms with Gasteiger partial charge in [0.15, 0.2) is 0 Å². The number of carboxylic acid groups (broad SMARTS) is 1. The maximum Gasteiger partial charge on any atom is 0.311 e. The Bertz CT molecular complexity index is 734. The van der Waals surface area contributed by atoms with Crippen LogP contribution in [0.5, 0.6) is 0 Å². The van der Waals surface area contributed by atoms with Gasteiger partial charge in [0.05, 0.1) is 23.9 Å². The Balaban J connectivity index is 1.91. The van der Waals surface area contributed by atoms with Crippen LogP contribution in [-0.2, 0) is 20.7 Å².